The molecule has 0 amide bonds. The molecule has 0 bridgehead atoms. The van der Waals surface area contributed by atoms with Crippen LogP contribution in [-0.4, -0.2) is 34.7 Å². The van der Waals surface area contributed by atoms with E-state index in [0.29, 0.717) is 0 Å². The lowest BCUT2D eigenvalue weighted by atomic mass is 10.2. The van der Waals surface area contributed by atoms with Gasteiger partial charge in [-0.2, -0.15) is 0 Å². The summed E-state index contributed by atoms with van der Waals surface area (Å²) in [5.74, 6) is 2.06. The highest BCUT2D eigenvalue weighted by Crippen LogP contribution is 2.21. The molecule has 4 nitrogen and oxygen atoms in total. The number of benzene rings is 2. The number of aromatic nitrogens is 2. The molecular weight excluding hydrogens is 369 g/mol. The van der Waals surface area contributed by atoms with Gasteiger partial charge in [-0.1, -0.05) is 24.3 Å². The molecule has 1 saturated heterocycles. The lowest BCUT2D eigenvalue weighted by molar-refractivity contribution is 0.318. The van der Waals surface area contributed by atoms with Crippen molar-refractivity contribution in [1.29, 1.82) is 0 Å². The van der Waals surface area contributed by atoms with Gasteiger partial charge in [-0.25, -0.2) is 4.98 Å². The first kappa shape index (κ1) is 20.6. The predicted octanol–water partition coefficient (Wildman–Crippen LogP) is 4.53. The highest BCUT2D eigenvalue weighted by atomic mass is 35.5. The van der Waals surface area contributed by atoms with E-state index in [1.807, 2.05) is 12.1 Å². The molecule has 0 aliphatic carbocycles. The molecule has 4 rings (SSSR count). The van der Waals surface area contributed by atoms with Gasteiger partial charge in [0.2, 0.25) is 0 Å². The fourth-order valence-electron chi connectivity index (χ4n) is 3.48. The van der Waals surface area contributed by atoms with Gasteiger partial charge < -0.3 is 9.30 Å². The number of imidazole rings is 1. The molecule has 0 atom stereocenters. The molecular formula is C20H25Cl2N3O. The summed E-state index contributed by atoms with van der Waals surface area (Å²) >= 11 is 0. The van der Waals surface area contributed by atoms with E-state index in [1.165, 1.54) is 37.0 Å². The molecule has 3 aromatic rings. The third kappa shape index (κ3) is 4.32. The first-order valence-electron chi connectivity index (χ1n) is 8.63. The van der Waals surface area contributed by atoms with Crippen molar-refractivity contribution in [2.75, 3.05) is 20.2 Å². The highest BCUT2D eigenvalue weighted by Gasteiger charge is 2.17. The van der Waals surface area contributed by atoms with E-state index in [0.717, 1.165) is 30.2 Å². The second kappa shape index (κ2) is 9.26. The van der Waals surface area contributed by atoms with E-state index >= 15 is 0 Å². The summed E-state index contributed by atoms with van der Waals surface area (Å²) in [5.41, 5.74) is 3.56. The van der Waals surface area contributed by atoms with Crippen molar-refractivity contribution in [3.63, 3.8) is 0 Å². The van der Waals surface area contributed by atoms with Crippen LogP contribution in [0.4, 0.5) is 0 Å². The zero-order valence-corrected chi connectivity index (χ0v) is 16.6. The molecule has 0 N–H and O–H groups in total. The van der Waals surface area contributed by atoms with Crippen molar-refractivity contribution >= 4 is 35.8 Å². The van der Waals surface area contributed by atoms with E-state index in [9.17, 15) is 0 Å². The van der Waals surface area contributed by atoms with Crippen molar-refractivity contribution < 1.29 is 4.74 Å². The summed E-state index contributed by atoms with van der Waals surface area (Å²) in [6.45, 7) is 4.15. The number of likely N-dealkylation sites (tertiary alicyclic amines) is 1. The van der Waals surface area contributed by atoms with Crippen LogP contribution in [0.3, 0.4) is 0 Å². The molecule has 0 radical (unpaired) electrons. The van der Waals surface area contributed by atoms with E-state index in [-0.39, 0.29) is 24.8 Å². The summed E-state index contributed by atoms with van der Waals surface area (Å²) in [6.07, 6.45) is 2.61. The topological polar surface area (TPSA) is 30.3 Å². The molecule has 2 heterocycles. The SMILES string of the molecule is COc1ccc(Cn2c(CN3CCCC3)nc3ccccc32)cc1.Cl.Cl. The predicted molar refractivity (Wildman–Crippen MR) is 111 cm³/mol. The van der Waals surface area contributed by atoms with Crippen LogP contribution < -0.4 is 4.74 Å². The lowest BCUT2D eigenvalue weighted by Crippen LogP contribution is -2.21. The monoisotopic (exact) mass is 393 g/mol. The maximum absolute atomic E-state index is 5.26. The van der Waals surface area contributed by atoms with Crippen LogP contribution in [0.15, 0.2) is 48.5 Å². The Kier molecular flexibility index (Phi) is 7.33. The Morgan fingerprint density at radius 1 is 0.923 bits per heavy atom. The van der Waals surface area contributed by atoms with Gasteiger partial charge in [0.25, 0.3) is 0 Å². The van der Waals surface area contributed by atoms with Gasteiger partial charge >= 0.3 is 0 Å². The van der Waals surface area contributed by atoms with E-state index in [4.69, 9.17) is 9.72 Å². The van der Waals surface area contributed by atoms with Crippen molar-refractivity contribution in [2.45, 2.75) is 25.9 Å². The van der Waals surface area contributed by atoms with Gasteiger partial charge in [0.15, 0.2) is 0 Å². The highest BCUT2D eigenvalue weighted by molar-refractivity contribution is 5.85. The maximum Gasteiger partial charge on any atom is 0.124 e. The fourth-order valence-corrected chi connectivity index (χ4v) is 3.48. The number of para-hydroxylation sites is 2. The van der Waals surface area contributed by atoms with Crippen molar-refractivity contribution in [3.8, 4) is 5.75 Å². The second-order valence-electron chi connectivity index (χ2n) is 6.43. The molecule has 2 aromatic carbocycles. The number of ether oxygens (including phenoxy) is 1. The van der Waals surface area contributed by atoms with Crippen LogP contribution in [0.1, 0.15) is 24.2 Å². The largest absolute Gasteiger partial charge is 0.497 e. The van der Waals surface area contributed by atoms with E-state index in [1.54, 1.807) is 7.11 Å². The Bertz CT molecular complexity index is 827. The Labute approximate surface area is 167 Å². The summed E-state index contributed by atoms with van der Waals surface area (Å²) in [4.78, 5) is 7.41. The number of halogens is 2. The molecule has 1 aliphatic rings. The molecule has 0 spiro atoms. The van der Waals surface area contributed by atoms with E-state index < -0.39 is 0 Å². The number of methoxy groups -OCH3 is 1. The van der Waals surface area contributed by atoms with Gasteiger partial charge in [-0.15, -0.1) is 24.8 Å². The first-order chi connectivity index (χ1) is 11.8. The minimum absolute atomic E-state index is 0. The number of hydrogen-bond donors (Lipinski definition) is 0. The minimum atomic E-state index is 0. The molecule has 0 saturated carbocycles. The number of rotatable bonds is 5. The summed E-state index contributed by atoms with van der Waals surface area (Å²) in [5, 5.41) is 0. The third-order valence-electron chi connectivity index (χ3n) is 4.80. The van der Waals surface area contributed by atoms with Gasteiger partial charge in [0, 0.05) is 6.54 Å². The van der Waals surface area contributed by atoms with Crippen LogP contribution in [0.5, 0.6) is 5.75 Å². The maximum atomic E-state index is 5.26. The smallest absolute Gasteiger partial charge is 0.124 e. The van der Waals surface area contributed by atoms with Gasteiger partial charge in [-0.05, 0) is 55.8 Å². The zero-order valence-electron chi connectivity index (χ0n) is 14.9. The quantitative estimate of drug-likeness (QED) is 0.637. The molecule has 26 heavy (non-hydrogen) atoms. The lowest BCUT2D eigenvalue weighted by Gasteiger charge is -2.16. The summed E-state index contributed by atoms with van der Waals surface area (Å²) in [6, 6.07) is 16.7. The molecule has 1 aromatic heterocycles. The Morgan fingerprint density at radius 2 is 1.62 bits per heavy atom. The zero-order chi connectivity index (χ0) is 16.4. The summed E-state index contributed by atoms with van der Waals surface area (Å²) < 4.78 is 7.62. The van der Waals surface area contributed by atoms with Crippen molar-refractivity contribution in [1.82, 2.24) is 14.5 Å². The van der Waals surface area contributed by atoms with Crippen LogP contribution in [0.25, 0.3) is 11.0 Å². The number of hydrogen-bond acceptors (Lipinski definition) is 3. The van der Waals surface area contributed by atoms with Crippen molar-refractivity contribution in [2.24, 2.45) is 0 Å². The van der Waals surface area contributed by atoms with Crippen LogP contribution in [0, 0.1) is 0 Å². The third-order valence-corrected chi connectivity index (χ3v) is 4.80. The Hall–Kier alpha value is -1.75. The van der Waals surface area contributed by atoms with Crippen LogP contribution in [-0.2, 0) is 13.1 Å². The number of fused-ring (bicyclic) bond motifs is 1. The molecule has 1 fully saturated rings. The Balaban J connectivity index is 0.00000121. The average molecular weight is 394 g/mol. The van der Waals surface area contributed by atoms with Gasteiger partial charge in [-0.3, -0.25) is 4.90 Å². The number of nitrogens with zero attached hydrogens (tertiary/aromatic N) is 3. The fraction of sp³-hybridized carbons (Fsp3) is 0.350. The average Bonchev–Trinajstić information content (AvgIpc) is 3.25. The van der Waals surface area contributed by atoms with Crippen molar-refractivity contribution in [3.05, 3.63) is 59.9 Å². The van der Waals surface area contributed by atoms with E-state index in [2.05, 4.69) is 45.9 Å². The molecule has 6 heteroatoms. The standard InChI is InChI=1S/C20H23N3O.2ClH/c1-24-17-10-8-16(9-11-17)14-23-19-7-3-2-6-18(19)21-20(23)15-22-12-4-5-13-22;;/h2-3,6-11H,4-5,12-15H2,1H3;2*1H. The van der Waals surface area contributed by atoms with Gasteiger partial charge in [0.1, 0.15) is 11.6 Å². The molecule has 140 valence electrons. The Morgan fingerprint density at radius 3 is 2.31 bits per heavy atom. The molecule has 0 unspecified atom stereocenters. The molecule has 1 aliphatic heterocycles. The normalized spacial score (nSPS) is 14.0. The van der Waals surface area contributed by atoms with Crippen LogP contribution in [0.2, 0.25) is 0 Å². The van der Waals surface area contributed by atoms with Crippen LogP contribution >= 0.6 is 24.8 Å². The summed E-state index contributed by atoms with van der Waals surface area (Å²) in [7, 11) is 1.70. The minimum Gasteiger partial charge on any atom is -0.497 e. The second-order valence-corrected chi connectivity index (χ2v) is 6.43. The van der Waals surface area contributed by atoms with Gasteiger partial charge in [0.05, 0.1) is 24.7 Å². The first-order valence-corrected chi connectivity index (χ1v) is 8.63.